The third kappa shape index (κ3) is 3.44. The van der Waals surface area contributed by atoms with E-state index in [1.807, 2.05) is 6.07 Å². The smallest absolute Gasteiger partial charge is 0.433 e. The van der Waals surface area contributed by atoms with Crippen LogP contribution in [-0.4, -0.2) is 25.5 Å². The van der Waals surface area contributed by atoms with Gasteiger partial charge in [-0.15, -0.1) is 5.10 Å². The molecule has 0 spiro atoms. The number of aryl methyl sites for hydroxylation is 2. The summed E-state index contributed by atoms with van der Waals surface area (Å²) in [5.74, 6) is -1.39. The van der Waals surface area contributed by atoms with E-state index in [4.69, 9.17) is 4.42 Å². The highest BCUT2D eigenvalue weighted by atomic mass is 19.4. The summed E-state index contributed by atoms with van der Waals surface area (Å²) in [5.41, 5.74) is 0.973. The Morgan fingerprint density at radius 3 is 2.45 bits per heavy atom. The molecule has 0 unspecified atom stereocenters. The van der Waals surface area contributed by atoms with Crippen LogP contribution in [0.15, 0.2) is 47.1 Å². The minimum absolute atomic E-state index is 0.0658. The predicted octanol–water partition coefficient (Wildman–Crippen LogP) is 4.27. The lowest BCUT2D eigenvalue weighted by Gasteiger charge is -2.09. The highest BCUT2D eigenvalue weighted by molar-refractivity contribution is 6.02. The van der Waals surface area contributed by atoms with Crippen LogP contribution in [0.2, 0.25) is 0 Å². The summed E-state index contributed by atoms with van der Waals surface area (Å²) in [6.45, 7) is 3.61. The number of carbonyl (C=O) groups excluding carboxylic acids is 1. The Kier molecular flexibility index (Phi) is 4.33. The molecule has 29 heavy (non-hydrogen) atoms. The summed E-state index contributed by atoms with van der Waals surface area (Å²) in [6.07, 6.45) is -3.42. The van der Waals surface area contributed by atoms with E-state index in [-0.39, 0.29) is 17.2 Å². The number of furan rings is 1. The molecule has 0 aliphatic heterocycles. The molecule has 10 heteroatoms. The highest BCUT2D eigenvalue weighted by Gasteiger charge is 2.36. The van der Waals surface area contributed by atoms with Crippen molar-refractivity contribution in [3.63, 3.8) is 0 Å². The van der Waals surface area contributed by atoms with E-state index in [9.17, 15) is 18.0 Å². The van der Waals surface area contributed by atoms with Crippen molar-refractivity contribution in [3.05, 3.63) is 65.3 Å². The number of para-hydroxylation sites is 1. The molecule has 0 atom stereocenters. The number of alkyl halides is 3. The van der Waals surface area contributed by atoms with Gasteiger partial charge in [-0.25, -0.2) is 4.98 Å². The number of anilines is 1. The van der Waals surface area contributed by atoms with E-state index >= 15 is 0 Å². The SMILES string of the molecule is Cc1cccc(C)c1NC(=O)c1nc2nc(-c3ccco3)cc(C(F)(F)F)n2n1. The lowest BCUT2D eigenvalue weighted by Crippen LogP contribution is -2.16. The van der Waals surface area contributed by atoms with Crippen LogP contribution in [0.1, 0.15) is 27.4 Å². The van der Waals surface area contributed by atoms with Crippen LogP contribution in [0.25, 0.3) is 17.2 Å². The molecule has 0 fully saturated rings. The molecule has 3 heterocycles. The van der Waals surface area contributed by atoms with Gasteiger partial charge in [0, 0.05) is 5.69 Å². The number of hydrogen-bond acceptors (Lipinski definition) is 5. The lowest BCUT2D eigenvalue weighted by molar-refractivity contribution is -0.142. The first-order valence-electron chi connectivity index (χ1n) is 8.50. The number of fused-ring (bicyclic) bond motifs is 1. The van der Waals surface area contributed by atoms with Gasteiger partial charge in [-0.1, -0.05) is 18.2 Å². The third-order valence-corrected chi connectivity index (χ3v) is 4.30. The maximum Gasteiger partial charge on any atom is 0.433 e. The second kappa shape index (κ2) is 6.73. The van der Waals surface area contributed by atoms with E-state index in [1.54, 1.807) is 26.0 Å². The minimum atomic E-state index is -4.74. The van der Waals surface area contributed by atoms with E-state index in [0.29, 0.717) is 10.2 Å². The van der Waals surface area contributed by atoms with Gasteiger partial charge < -0.3 is 9.73 Å². The normalized spacial score (nSPS) is 11.8. The molecule has 148 valence electrons. The predicted molar refractivity (Wildman–Crippen MR) is 97.4 cm³/mol. The summed E-state index contributed by atoms with van der Waals surface area (Å²) < 4.78 is 46.3. The summed E-state index contributed by atoms with van der Waals surface area (Å²) in [5, 5.41) is 6.39. The molecule has 0 aliphatic rings. The number of carbonyl (C=O) groups is 1. The zero-order valence-corrected chi connectivity index (χ0v) is 15.3. The summed E-state index contributed by atoms with van der Waals surface area (Å²) >= 11 is 0. The first-order chi connectivity index (χ1) is 13.7. The number of halogens is 3. The van der Waals surface area contributed by atoms with Crippen LogP contribution in [0.5, 0.6) is 0 Å². The van der Waals surface area contributed by atoms with E-state index in [1.165, 1.54) is 18.4 Å². The lowest BCUT2D eigenvalue weighted by atomic mass is 10.1. The quantitative estimate of drug-likeness (QED) is 0.554. The number of rotatable bonds is 3. The van der Waals surface area contributed by atoms with Crippen LogP contribution in [0.4, 0.5) is 18.9 Å². The summed E-state index contributed by atoms with van der Waals surface area (Å²) in [4.78, 5) is 20.5. The van der Waals surface area contributed by atoms with E-state index < -0.39 is 23.6 Å². The average molecular weight is 401 g/mol. The first kappa shape index (κ1) is 18.7. The van der Waals surface area contributed by atoms with Crippen molar-refractivity contribution in [1.29, 1.82) is 0 Å². The number of benzene rings is 1. The van der Waals surface area contributed by atoms with Gasteiger partial charge in [0.25, 0.3) is 11.7 Å². The molecule has 4 aromatic rings. The Morgan fingerprint density at radius 2 is 1.83 bits per heavy atom. The third-order valence-electron chi connectivity index (χ3n) is 4.30. The van der Waals surface area contributed by atoms with Crippen molar-refractivity contribution in [3.8, 4) is 11.5 Å². The number of nitrogens with one attached hydrogen (secondary N) is 1. The van der Waals surface area contributed by atoms with Crippen molar-refractivity contribution >= 4 is 17.4 Å². The van der Waals surface area contributed by atoms with E-state index in [0.717, 1.165) is 17.2 Å². The molecule has 4 rings (SSSR count). The zero-order valence-electron chi connectivity index (χ0n) is 15.3. The van der Waals surface area contributed by atoms with Gasteiger partial charge >= 0.3 is 6.18 Å². The molecule has 0 saturated carbocycles. The van der Waals surface area contributed by atoms with Gasteiger partial charge in [0.2, 0.25) is 5.82 Å². The second-order valence-electron chi connectivity index (χ2n) is 6.37. The van der Waals surface area contributed by atoms with Crippen molar-refractivity contribution in [2.24, 2.45) is 0 Å². The molecule has 0 saturated heterocycles. The number of aromatic nitrogens is 4. The van der Waals surface area contributed by atoms with Crippen LogP contribution < -0.4 is 5.32 Å². The minimum Gasteiger partial charge on any atom is -0.463 e. The summed E-state index contributed by atoms with van der Waals surface area (Å²) in [7, 11) is 0. The van der Waals surface area contributed by atoms with Crippen LogP contribution in [-0.2, 0) is 6.18 Å². The van der Waals surface area contributed by atoms with Crippen molar-refractivity contribution < 1.29 is 22.4 Å². The molecular weight excluding hydrogens is 387 g/mol. The molecular formula is C19H14F3N5O2. The van der Waals surface area contributed by atoms with Crippen molar-refractivity contribution in [1.82, 2.24) is 19.6 Å². The average Bonchev–Trinajstić information content (AvgIpc) is 3.32. The van der Waals surface area contributed by atoms with Crippen molar-refractivity contribution in [2.45, 2.75) is 20.0 Å². The first-order valence-corrected chi connectivity index (χ1v) is 8.50. The van der Waals surface area contributed by atoms with Gasteiger partial charge in [0.05, 0.1) is 6.26 Å². The molecule has 0 radical (unpaired) electrons. The Bertz CT molecular complexity index is 1190. The highest BCUT2D eigenvalue weighted by Crippen LogP contribution is 2.32. The monoisotopic (exact) mass is 401 g/mol. The Labute approximate surface area is 162 Å². The second-order valence-corrected chi connectivity index (χ2v) is 6.37. The molecule has 1 N–H and O–H groups in total. The van der Waals surface area contributed by atoms with Gasteiger partial charge in [-0.05, 0) is 43.2 Å². The largest absolute Gasteiger partial charge is 0.463 e. The molecule has 1 amide bonds. The van der Waals surface area contributed by atoms with Crippen LogP contribution >= 0.6 is 0 Å². The Morgan fingerprint density at radius 1 is 1.10 bits per heavy atom. The fraction of sp³-hybridized carbons (Fsp3) is 0.158. The topological polar surface area (TPSA) is 85.3 Å². The van der Waals surface area contributed by atoms with Gasteiger partial charge in [-0.2, -0.15) is 22.7 Å². The fourth-order valence-corrected chi connectivity index (χ4v) is 2.90. The molecule has 0 bridgehead atoms. The maximum absolute atomic E-state index is 13.6. The number of nitrogens with zero attached hydrogens (tertiary/aromatic N) is 4. The fourth-order valence-electron chi connectivity index (χ4n) is 2.90. The van der Waals surface area contributed by atoms with Gasteiger partial charge in [0.15, 0.2) is 11.5 Å². The Balaban J connectivity index is 1.80. The zero-order chi connectivity index (χ0) is 20.8. The van der Waals surface area contributed by atoms with E-state index in [2.05, 4.69) is 20.4 Å². The maximum atomic E-state index is 13.6. The van der Waals surface area contributed by atoms with Crippen LogP contribution in [0, 0.1) is 13.8 Å². The number of amides is 1. The van der Waals surface area contributed by atoms with Crippen molar-refractivity contribution in [2.75, 3.05) is 5.32 Å². The van der Waals surface area contributed by atoms with Gasteiger partial charge in [-0.3, -0.25) is 4.79 Å². The molecule has 0 aliphatic carbocycles. The molecule has 3 aromatic heterocycles. The Hall–Kier alpha value is -3.69. The molecule has 1 aromatic carbocycles. The van der Waals surface area contributed by atoms with Crippen LogP contribution in [0.3, 0.4) is 0 Å². The summed E-state index contributed by atoms with van der Waals surface area (Å²) in [6, 6.07) is 9.25. The molecule has 7 nitrogen and oxygen atoms in total. The van der Waals surface area contributed by atoms with Gasteiger partial charge in [0.1, 0.15) is 5.69 Å². The standard InChI is InChI=1S/C19H14F3N5O2/c1-10-5-3-6-11(2)15(10)24-17(28)16-25-18-23-12(13-7-4-8-29-13)9-14(19(20,21)22)27(18)26-16/h3-9H,1-2H3,(H,24,28). The number of hydrogen-bond donors (Lipinski definition) is 1.